The number of nitrogen functional groups attached to an aromatic ring is 2. The van der Waals surface area contributed by atoms with Crippen molar-refractivity contribution in [2.75, 3.05) is 32.1 Å². The number of halogens is 2. The third kappa shape index (κ3) is 4.27. The standard InChI is InChI=1S/C23H25Cl2N3/c1-28(2)13-7-10-16-18(15-8-3-5-11-19(15)24)14-21(26)23(27)22(16)17-9-4-6-12-20(17)25/h3-6,8-9,11-12,14H,7,10,13,26-27H2,1-2H3. The van der Waals surface area contributed by atoms with Crippen LogP contribution in [-0.2, 0) is 6.42 Å². The molecule has 3 nitrogen and oxygen atoms in total. The average molecular weight is 414 g/mol. The zero-order valence-electron chi connectivity index (χ0n) is 16.2. The van der Waals surface area contributed by atoms with Crippen LogP contribution in [0.15, 0.2) is 54.6 Å². The van der Waals surface area contributed by atoms with Gasteiger partial charge in [0.1, 0.15) is 0 Å². The van der Waals surface area contributed by atoms with Crippen LogP contribution >= 0.6 is 23.2 Å². The molecule has 146 valence electrons. The fourth-order valence-corrected chi connectivity index (χ4v) is 3.95. The van der Waals surface area contributed by atoms with E-state index in [4.69, 9.17) is 34.7 Å². The Kier molecular flexibility index (Phi) is 6.50. The van der Waals surface area contributed by atoms with Crippen molar-refractivity contribution in [3.8, 4) is 22.3 Å². The molecule has 0 fully saturated rings. The van der Waals surface area contributed by atoms with Gasteiger partial charge in [0.15, 0.2) is 0 Å². The first-order chi connectivity index (χ1) is 13.4. The lowest BCUT2D eigenvalue weighted by Crippen LogP contribution is -2.14. The topological polar surface area (TPSA) is 55.3 Å². The summed E-state index contributed by atoms with van der Waals surface area (Å²) in [7, 11) is 4.14. The van der Waals surface area contributed by atoms with Crippen LogP contribution in [0.4, 0.5) is 11.4 Å². The molecule has 0 atom stereocenters. The lowest BCUT2D eigenvalue weighted by Gasteiger charge is -2.21. The van der Waals surface area contributed by atoms with Gasteiger partial charge >= 0.3 is 0 Å². The Morgan fingerprint density at radius 2 is 1.39 bits per heavy atom. The molecule has 3 aromatic rings. The van der Waals surface area contributed by atoms with Crippen molar-refractivity contribution in [3.63, 3.8) is 0 Å². The minimum absolute atomic E-state index is 0.529. The Balaban J connectivity index is 2.28. The number of hydrogen-bond acceptors (Lipinski definition) is 3. The fraction of sp³-hybridized carbons (Fsp3) is 0.217. The van der Waals surface area contributed by atoms with E-state index in [1.165, 1.54) is 0 Å². The number of nitrogens with two attached hydrogens (primary N) is 2. The molecule has 0 aliphatic carbocycles. The van der Waals surface area contributed by atoms with E-state index in [0.717, 1.165) is 47.2 Å². The quantitative estimate of drug-likeness (QED) is 0.488. The van der Waals surface area contributed by atoms with E-state index in [2.05, 4.69) is 19.0 Å². The summed E-state index contributed by atoms with van der Waals surface area (Å²) < 4.78 is 0. The van der Waals surface area contributed by atoms with Gasteiger partial charge in [-0.1, -0.05) is 59.6 Å². The summed E-state index contributed by atoms with van der Waals surface area (Å²) >= 11 is 13.1. The van der Waals surface area contributed by atoms with Crippen LogP contribution < -0.4 is 11.5 Å². The number of anilines is 2. The second-order valence-corrected chi connectivity index (χ2v) is 7.96. The van der Waals surface area contributed by atoms with Crippen molar-refractivity contribution >= 4 is 34.6 Å². The molecule has 0 aliphatic rings. The second-order valence-electron chi connectivity index (χ2n) is 7.15. The van der Waals surface area contributed by atoms with Crippen LogP contribution in [0.1, 0.15) is 12.0 Å². The third-order valence-corrected chi connectivity index (χ3v) is 5.51. The van der Waals surface area contributed by atoms with Gasteiger partial charge in [0.25, 0.3) is 0 Å². The maximum absolute atomic E-state index is 6.54. The molecule has 0 bridgehead atoms. The lowest BCUT2D eigenvalue weighted by atomic mass is 9.87. The van der Waals surface area contributed by atoms with Crippen LogP contribution in [0.3, 0.4) is 0 Å². The minimum Gasteiger partial charge on any atom is -0.397 e. The average Bonchev–Trinajstić information content (AvgIpc) is 2.66. The van der Waals surface area contributed by atoms with Gasteiger partial charge in [0.2, 0.25) is 0 Å². The molecule has 0 saturated heterocycles. The van der Waals surface area contributed by atoms with Crippen molar-refractivity contribution in [2.24, 2.45) is 0 Å². The molecular weight excluding hydrogens is 389 g/mol. The predicted molar refractivity (Wildman–Crippen MR) is 123 cm³/mol. The first-order valence-corrected chi connectivity index (χ1v) is 10.0. The maximum Gasteiger partial charge on any atom is 0.0631 e. The first-order valence-electron chi connectivity index (χ1n) is 9.25. The van der Waals surface area contributed by atoms with E-state index in [-0.39, 0.29) is 0 Å². The van der Waals surface area contributed by atoms with Crippen LogP contribution in [-0.4, -0.2) is 25.5 Å². The summed E-state index contributed by atoms with van der Waals surface area (Å²) in [4.78, 5) is 2.17. The van der Waals surface area contributed by atoms with Crippen LogP contribution in [0.25, 0.3) is 22.3 Å². The molecule has 0 spiro atoms. The molecule has 0 radical (unpaired) electrons. The second kappa shape index (κ2) is 8.87. The number of benzene rings is 3. The Hall–Kier alpha value is -2.20. The van der Waals surface area contributed by atoms with E-state index in [1.54, 1.807) is 0 Å². The molecule has 5 heteroatoms. The van der Waals surface area contributed by atoms with Gasteiger partial charge in [-0.2, -0.15) is 0 Å². The largest absolute Gasteiger partial charge is 0.397 e. The van der Waals surface area contributed by atoms with Gasteiger partial charge in [-0.15, -0.1) is 0 Å². The summed E-state index contributed by atoms with van der Waals surface area (Å²) in [5.41, 5.74) is 18.8. The van der Waals surface area contributed by atoms with Crippen LogP contribution in [0.5, 0.6) is 0 Å². The number of rotatable bonds is 6. The Morgan fingerprint density at radius 3 is 1.96 bits per heavy atom. The van der Waals surface area contributed by atoms with Crippen molar-refractivity contribution in [1.82, 2.24) is 4.90 Å². The van der Waals surface area contributed by atoms with Crippen molar-refractivity contribution in [1.29, 1.82) is 0 Å². The highest BCUT2D eigenvalue weighted by Gasteiger charge is 2.20. The van der Waals surface area contributed by atoms with Gasteiger partial charge in [-0.25, -0.2) is 0 Å². The monoisotopic (exact) mass is 413 g/mol. The van der Waals surface area contributed by atoms with Gasteiger partial charge in [-0.3, -0.25) is 0 Å². The first kappa shape index (κ1) is 20.5. The van der Waals surface area contributed by atoms with Crippen molar-refractivity contribution in [2.45, 2.75) is 12.8 Å². The molecule has 0 aliphatic heterocycles. The van der Waals surface area contributed by atoms with Crippen molar-refractivity contribution in [3.05, 3.63) is 70.2 Å². The molecule has 0 unspecified atom stereocenters. The maximum atomic E-state index is 6.54. The zero-order chi connectivity index (χ0) is 20.3. The fourth-order valence-electron chi connectivity index (χ4n) is 3.49. The highest BCUT2D eigenvalue weighted by molar-refractivity contribution is 6.34. The van der Waals surface area contributed by atoms with Crippen molar-refractivity contribution < 1.29 is 0 Å². The Bertz CT molecular complexity index is 984. The summed E-state index contributed by atoms with van der Waals surface area (Å²) in [6, 6.07) is 17.5. The van der Waals surface area contributed by atoms with E-state index in [1.807, 2.05) is 54.6 Å². The van der Waals surface area contributed by atoms with E-state index in [0.29, 0.717) is 21.4 Å². The summed E-state index contributed by atoms with van der Waals surface area (Å²) in [5, 5.41) is 1.34. The third-order valence-electron chi connectivity index (χ3n) is 4.85. The Morgan fingerprint density at radius 1 is 0.821 bits per heavy atom. The molecule has 28 heavy (non-hydrogen) atoms. The van der Waals surface area contributed by atoms with Crippen LogP contribution in [0, 0.1) is 0 Å². The highest BCUT2D eigenvalue weighted by Crippen LogP contribution is 2.44. The van der Waals surface area contributed by atoms with E-state index in [9.17, 15) is 0 Å². The van der Waals surface area contributed by atoms with Gasteiger partial charge < -0.3 is 16.4 Å². The SMILES string of the molecule is CN(C)CCCc1c(-c2ccccc2Cl)cc(N)c(N)c1-c1ccccc1Cl. The minimum atomic E-state index is 0.529. The smallest absolute Gasteiger partial charge is 0.0631 e. The molecular formula is C23H25Cl2N3. The number of hydrogen-bond donors (Lipinski definition) is 2. The summed E-state index contributed by atoms with van der Waals surface area (Å²) in [6.45, 7) is 0.966. The lowest BCUT2D eigenvalue weighted by molar-refractivity contribution is 0.400. The van der Waals surface area contributed by atoms with Gasteiger partial charge in [-0.05, 0) is 62.8 Å². The van der Waals surface area contributed by atoms with E-state index < -0.39 is 0 Å². The predicted octanol–water partition coefficient (Wildman–Crippen LogP) is 5.99. The summed E-state index contributed by atoms with van der Waals surface area (Å²) in [5.74, 6) is 0. The number of nitrogens with zero attached hydrogens (tertiary/aromatic N) is 1. The van der Waals surface area contributed by atoms with Gasteiger partial charge in [0, 0.05) is 26.7 Å². The zero-order valence-corrected chi connectivity index (χ0v) is 17.7. The van der Waals surface area contributed by atoms with Gasteiger partial charge in [0.05, 0.1) is 11.4 Å². The molecule has 4 N–H and O–H groups in total. The molecule has 0 saturated carbocycles. The van der Waals surface area contributed by atoms with E-state index >= 15 is 0 Å². The molecule has 0 aromatic heterocycles. The van der Waals surface area contributed by atoms with Crippen LogP contribution in [0.2, 0.25) is 10.0 Å². The molecule has 0 heterocycles. The molecule has 3 aromatic carbocycles. The molecule has 3 rings (SSSR count). The molecule has 0 amide bonds. The normalized spacial score (nSPS) is 11.2. The highest BCUT2D eigenvalue weighted by atomic mass is 35.5. The Labute approximate surface area is 176 Å². The summed E-state index contributed by atoms with van der Waals surface area (Å²) in [6.07, 6.45) is 1.81.